The Morgan fingerprint density at radius 2 is 1.55 bits per heavy atom. The molecule has 0 saturated carbocycles. The Morgan fingerprint density at radius 3 is 2.26 bits per heavy atom. The molecule has 160 valence electrons. The van der Waals surface area contributed by atoms with Crippen LogP contribution in [0.15, 0.2) is 78.9 Å². The van der Waals surface area contributed by atoms with Crippen molar-refractivity contribution in [3.8, 4) is 17.2 Å². The third kappa shape index (κ3) is 6.93. The zero-order valence-corrected chi connectivity index (χ0v) is 17.8. The number of anilines is 1. The second-order valence-electron chi connectivity index (χ2n) is 6.69. The third-order valence-electron chi connectivity index (χ3n) is 4.37. The topological polar surface area (TPSA) is 56.8 Å². The Labute approximate surface area is 183 Å². The van der Waals surface area contributed by atoms with E-state index in [2.05, 4.69) is 5.32 Å². The first-order chi connectivity index (χ1) is 15.2. The lowest BCUT2D eigenvalue weighted by atomic mass is 10.2. The van der Waals surface area contributed by atoms with E-state index in [1.165, 1.54) is 6.08 Å². The Kier molecular flexibility index (Phi) is 8.12. The van der Waals surface area contributed by atoms with Gasteiger partial charge in [0.1, 0.15) is 12.4 Å². The van der Waals surface area contributed by atoms with Gasteiger partial charge in [0.2, 0.25) is 5.91 Å². The molecule has 1 amide bonds. The van der Waals surface area contributed by atoms with Crippen molar-refractivity contribution in [1.82, 2.24) is 0 Å². The van der Waals surface area contributed by atoms with E-state index in [1.807, 2.05) is 68.4 Å². The van der Waals surface area contributed by atoms with E-state index < -0.39 is 0 Å². The summed E-state index contributed by atoms with van der Waals surface area (Å²) in [6.07, 6.45) is 3.25. The summed E-state index contributed by atoms with van der Waals surface area (Å²) in [4.78, 5) is 12.3. The first kappa shape index (κ1) is 22.0. The number of carbonyl (C=O) groups excluding carboxylic acids is 1. The highest BCUT2D eigenvalue weighted by Gasteiger charge is 2.07. The van der Waals surface area contributed by atoms with E-state index in [1.54, 1.807) is 24.3 Å². The number of hydrogen-bond donors (Lipinski definition) is 1. The van der Waals surface area contributed by atoms with Crippen LogP contribution in [0.1, 0.15) is 25.0 Å². The fourth-order valence-corrected chi connectivity index (χ4v) is 2.90. The van der Waals surface area contributed by atoms with E-state index in [0.717, 1.165) is 16.9 Å². The molecule has 0 heterocycles. The third-order valence-corrected chi connectivity index (χ3v) is 4.37. The molecule has 3 aromatic rings. The lowest BCUT2D eigenvalue weighted by Gasteiger charge is -2.12. The van der Waals surface area contributed by atoms with Gasteiger partial charge in [0.15, 0.2) is 11.5 Å². The maximum absolute atomic E-state index is 12.3. The first-order valence-electron chi connectivity index (χ1n) is 10.3. The van der Waals surface area contributed by atoms with E-state index >= 15 is 0 Å². The Bertz CT molecular complexity index is 998. The molecule has 3 rings (SSSR count). The normalized spacial score (nSPS) is 10.6. The number of benzene rings is 3. The number of hydrogen-bond acceptors (Lipinski definition) is 4. The van der Waals surface area contributed by atoms with Gasteiger partial charge in [0.25, 0.3) is 0 Å². The molecule has 0 fully saturated rings. The second-order valence-corrected chi connectivity index (χ2v) is 6.69. The molecule has 1 N–H and O–H groups in total. The maximum Gasteiger partial charge on any atom is 0.248 e. The summed E-state index contributed by atoms with van der Waals surface area (Å²) in [5.41, 5.74) is 2.67. The number of ether oxygens (including phenoxy) is 3. The molecule has 0 radical (unpaired) electrons. The summed E-state index contributed by atoms with van der Waals surface area (Å²) >= 11 is 0. The summed E-state index contributed by atoms with van der Waals surface area (Å²) in [5, 5.41) is 2.84. The van der Waals surface area contributed by atoms with Gasteiger partial charge in [-0.1, -0.05) is 42.5 Å². The van der Waals surface area contributed by atoms with Crippen molar-refractivity contribution in [3.63, 3.8) is 0 Å². The molecule has 5 heteroatoms. The van der Waals surface area contributed by atoms with Crippen LogP contribution in [-0.2, 0) is 11.4 Å². The fourth-order valence-electron chi connectivity index (χ4n) is 2.90. The van der Waals surface area contributed by atoms with Gasteiger partial charge in [-0.2, -0.15) is 0 Å². The van der Waals surface area contributed by atoms with Gasteiger partial charge in [0, 0.05) is 17.8 Å². The van der Waals surface area contributed by atoms with Gasteiger partial charge in [-0.3, -0.25) is 4.79 Å². The van der Waals surface area contributed by atoms with Crippen LogP contribution in [0.2, 0.25) is 0 Å². The van der Waals surface area contributed by atoms with Gasteiger partial charge in [-0.15, -0.1) is 0 Å². The zero-order valence-electron chi connectivity index (χ0n) is 17.8. The fraction of sp³-hybridized carbons (Fsp3) is 0.192. The predicted molar refractivity (Wildman–Crippen MR) is 124 cm³/mol. The lowest BCUT2D eigenvalue weighted by Crippen LogP contribution is -2.08. The first-order valence-corrected chi connectivity index (χ1v) is 10.3. The molecule has 0 bridgehead atoms. The van der Waals surface area contributed by atoms with Gasteiger partial charge < -0.3 is 19.5 Å². The summed E-state index contributed by atoms with van der Waals surface area (Å²) < 4.78 is 16.9. The van der Waals surface area contributed by atoms with Gasteiger partial charge in [0.05, 0.1) is 13.2 Å². The van der Waals surface area contributed by atoms with Crippen molar-refractivity contribution >= 4 is 17.7 Å². The van der Waals surface area contributed by atoms with Gasteiger partial charge in [-0.05, 0) is 55.3 Å². The van der Waals surface area contributed by atoms with E-state index in [9.17, 15) is 4.79 Å². The van der Waals surface area contributed by atoms with Gasteiger partial charge >= 0.3 is 0 Å². The SMILES string of the molecule is CCOc1ccc(NC(=O)/C=C/c2ccc(OCc3ccccc3)cc2)cc1OCC. The summed E-state index contributed by atoms with van der Waals surface area (Å²) in [6, 6.07) is 23.0. The van der Waals surface area contributed by atoms with E-state index in [-0.39, 0.29) is 5.91 Å². The van der Waals surface area contributed by atoms with Crippen molar-refractivity contribution in [1.29, 1.82) is 0 Å². The molecule has 0 atom stereocenters. The predicted octanol–water partition coefficient (Wildman–Crippen LogP) is 5.71. The Hall–Kier alpha value is -3.73. The van der Waals surface area contributed by atoms with E-state index in [4.69, 9.17) is 14.2 Å². The molecule has 0 unspecified atom stereocenters. The largest absolute Gasteiger partial charge is 0.490 e. The van der Waals surface area contributed by atoms with Crippen molar-refractivity contribution in [3.05, 3.63) is 90.0 Å². The molecular formula is C26H27NO4. The number of nitrogens with one attached hydrogen (secondary N) is 1. The summed E-state index contributed by atoms with van der Waals surface area (Å²) in [6.45, 7) is 5.40. The van der Waals surface area contributed by atoms with Crippen molar-refractivity contribution < 1.29 is 19.0 Å². The average molecular weight is 418 g/mol. The van der Waals surface area contributed by atoms with Crippen molar-refractivity contribution in [2.75, 3.05) is 18.5 Å². The molecule has 0 aliphatic carbocycles. The van der Waals surface area contributed by atoms with Crippen LogP contribution in [0.25, 0.3) is 6.08 Å². The Balaban J connectivity index is 1.55. The maximum atomic E-state index is 12.3. The van der Waals surface area contributed by atoms with E-state index in [0.29, 0.717) is 37.0 Å². The van der Waals surface area contributed by atoms with Crippen molar-refractivity contribution in [2.24, 2.45) is 0 Å². The summed E-state index contributed by atoms with van der Waals surface area (Å²) in [5.74, 6) is 1.82. The minimum atomic E-state index is -0.226. The summed E-state index contributed by atoms with van der Waals surface area (Å²) in [7, 11) is 0. The molecule has 5 nitrogen and oxygen atoms in total. The Morgan fingerprint density at radius 1 is 0.839 bits per heavy atom. The molecule has 0 saturated heterocycles. The minimum absolute atomic E-state index is 0.226. The van der Waals surface area contributed by atoms with Crippen molar-refractivity contribution in [2.45, 2.75) is 20.5 Å². The molecule has 0 spiro atoms. The standard InChI is InChI=1S/C26H27NO4/c1-3-29-24-16-13-22(18-25(24)30-4-2)27-26(28)17-12-20-10-14-23(15-11-20)31-19-21-8-6-5-7-9-21/h5-18H,3-4,19H2,1-2H3,(H,27,28)/b17-12+. The molecule has 0 aliphatic rings. The van der Waals surface area contributed by atoms with Gasteiger partial charge in [-0.25, -0.2) is 0 Å². The molecule has 0 aliphatic heterocycles. The van der Waals surface area contributed by atoms with Crippen LogP contribution in [-0.4, -0.2) is 19.1 Å². The highest BCUT2D eigenvalue weighted by atomic mass is 16.5. The molecule has 31 heavy (non-hydrogen) atoms. The molecular weight excluding hydrogens is 390 g/mol. The highest BCUT2D eigenvalue weighted by Crippen LogP contribution is 2.30. The van der Waals surface area contributed by atoms with Crippen LogP contribution >= 0.6 is 0 Å². The zero-order chi connectivity index (χ0) is 21.9. The van der Waals surface area contributed by atoms with Crippen LogP contribution in [0.4, 0.5) is 5.69 Å². The average Bonchev–Trinajstić information content (AvgIpc) is 2.80. The van der Waals surface area contributed by atoms with Crippen LogP contribution in [0.3, 0.4) is 0 Å². The van der Waals surface area contributed by atoms with Crippen LogP contribution < -0.4 is 19.5 Å². The van der Waals surface area contributed by atoms with Crippen LogP contribution in [0.5, 0.6) is 17.2 Å². The number of amides is 1. The highest BCUT2D eigenvalue weighted by molar-refractivity contribution is 6.02. The number of rotatable bonds is 10. The quantitative estimate of drug-likeness (QED) is 0.429. The van der Waals surface area contributed by atoms with Crippen LogP contribution in [0, 0.1) is 0 Å². The molecule has 0 aromatic heterocycles. The smallest absolute Gasteiger partial charge is 0.248 e. The monoisotopic (exact) mass is 417 g/mol. The minimum Gasteiger partial charge on any atom is -0.490 e. The molecule has 3 aromatic carbocycles. The second kappa shape index (κ2) is 11.5. The lowest BCUT2D eigenvalue weighted by molar-refractivity contribution is -0.111. The number of carbonyl (C=O) groups is 1.